The molecule has 9 heteroatoms. The maximum absolute atomic E-state index is 12.7. The molecular weight excluding hydrogens is 434 g/mol. The number of carbonyl (C=O) groups is 1. The number of amides is 1. The summed E-state index contributed by atoms with van der Waals surface area (Å²) in [5.74, 6) is -0.124. The van der Waals surface area contributed by atoms with Crippen LogP contribution < -0.4 is 10.1 Å². The Morgan fingerprint density at radius 3 is 2.59 bits per heavy atom. The van der Waals surface area contributed by atoms with Crippen molar-refractivity contribution in [2.75, 3.05) is 12.4 Å². The molecule has 0 saturated carbocycles. The molecule has 162 valence electrons. The molecule has 0 unspecified atom stereocenters. The van der Waals surface area contributed by atoms with Crippen LogP contribution in [0, 0.1) is 24.0 Å². The fourth-order valence-corrected chi connectivity index (χ4v) is 3.44. The zero-order valence-corrected chi connectivity index (χ0v) is 18.2. The van der Waals surface area contributed by atoms with Crippen molar-refractivity contribution < 1.29 is 18.9 Å². The van der Waals surface area contributed by atoms with Gasteiger partial charge >= 0.3 is 5.69 Å². The number of anilines is 1. The Hall–Kier alpha value is -3.91. The summed E-state index contributed by atoms with van der Waals surface area (Å²) in [6.45, 7) is 3.99. The van der Waals surface area contributed by atoms with Gasteiger partial charge in [0.25, 0.3) is 5.91 Å². The van der Waals surface area contributed by atoms with Crippen LogP contribution in [-0.4, -0.2) is 22.9 Å². The summed E-state index contributed by atoms with van der Waals surface area (Å²) in [6.07, 6.45) is 0. The number of ether oxygens (including phenoxy) is 1. The van der Waals surface area contributed by atoms with Crippen molar-refractivity contribution in [1.29, 1.82) is 0 Å². The standard InChI is InChI=1S/C23H18ClN3O5/c1-12-8-18-21(9-13(12)2)32-23(26-18)16-11-15(5-6-17(16)24)25-22(28)14-4-7-20(31-3)19(10-14)27(29)30/h4-11H,1-3H3,(H,25,28). The molecule has 0 fully saturated rings. The normalized spacial score (nSPS) is 10.9. The largest absolute Gasteiger partial charge is 0.490 e. The molecule has 1 amide bonds. The number of nitro groups is 1. The highest BCUT2D eigenvalue weighted by Crippen LogP contribution is 2.33. The lowest BCUT2D eigenvalue weighted by atomic mass is 10.1. The van der Waals surface area contributed by atoms with E-state index in [1.807, 2.05) is 26.0 Å². The second-order valence-electron chi connectivity index (χ2n) is 7.22. The summed E-state index contributed by atoms with van der Waals surface area (Å²) in [6, 6.07) is 12.7. The van der Waals surface area contributed by atoms with Gasteiger partial charge in [-0.2, -0.15) is 0 Å². The topological polar surface area (TPSA) is 108 Å². The van der Waals surface area contributed by atoms with Crippen molar-refractivity contribution in [3.05, 3.63) is 80.4 Å². The summed E-state index contributed by atoms with van der Waals surface area (Å²) in [4.78, 5) is 27.8. The molecule has 0 spiro atoms. The van der Waals surface area contributed by atoms with Crippen LogP contribution >= 0.6 is 11.6 Å². The summed E-state index contributed by atoms with van der Waals surface area (Å²) in [5, 5.41) is 14.4. The minimum atomic E-state index is -0.604. The van der Waals surface area contributed by atoms with Gasteiger partial charge in [0.15, 0.2) is 11.3 Å². The lowest BCUT2D eigenvalue weighted by Gasteiger charge is -2.08. The van der Waals surface area contributed by atoms with Crippen molar-refractivity contribution in [3.63, 3.8) is 0 Å². The van der Waals surface area contributed by atoms with Gasteiger partial charge in [0.2, 0.25) is 5.89 Å². The number of nitrogens with zero attached hydrogens (tertiary/aromatic N) is 2. The van der Waals surface area contributed by atoms with Crippen LogP contribution in [0.2, 0.25) is 5.02 Å². The SMILES string of the molecule is COc1ccc(C(=O)Nc2ccc(Cl)c(-c3nc4cc(C)c(C)cc4o3)c2)cc1[N+](=O)[O-]. The van der Waals surface area contributed by atoms with Gasteiger partial charge in [-0.05, 0) is 67.4 Å². The van der Waals surface area contributed by atoms with Crippen molar-refractivity contribution in [2.24, 2.45) is 0 Å². The van der Waals surface area contributed by atoms with E-state index in [2.05, 4.69) is 10.3 Å². The lowest BCUT2D eigenvalue weighted by molar-refractivity contribution is -0.385. The summed E-state index contributed by atoms with van der Waals surface area (Å²) in [5.41, 5.74) is 4.28. The number of nitro benzene ring substituents is 1. The minimum Gasteiger partial charge on any atom is -0.490 e. The number of rotatable bonds is 5. The Morgan fingerprint density at radius 1 is 1.12 bits per heavy atom. The molecule has 0 saturated heterocycles. The van der Waals surface area contributed by atoms with Crippen LogP contribution in [-0.2, 0) is 0 Å². The zero-order valence-electron chi connectivity index (χ0n) is 17.4. The average Bonchev–Trinajstić information content (AvgIpc) is 3.17. The van der Waals surface area contributed by atoms with E-state index in [9.17, 15) is 14.9 Å². The van der Waals surface area contributed by atoms with Crippen LogP contribution in [0.25, 0.3) is 22.6 Å². The second kappa shape index (κ2) is 8.32. The molecule has 4 rings (SSSR count). The van der Waals surface area contributed by atoms with Crippen molar-refractivity contribution >= 4 is 40.0 Å². The third-order valence-corrected chi connectivity index (χ3v) is 5.43. The number of fused-ring (bicyclic) bond motifs is 1. The van der Waals surface area contributed by atoms with Gasteiger partial charge in [-0.25, -0.2) is 4.98 Å². The quantitative estimate of drug-likeness (QED) is 0.297. The number of nitrogens with one attached hydrogen (secondary N) is 1. The number of aryl methyl sites for hydroxylation is 2. The van der Waals surface area contributed by atoms with Crippen LogP contribution in [0.5, 0.6) is 5.75 Å². The van der Waals surface area contributed by atoms with Gasteiger partial charge in [-0.1, -0.05) is 11.6 Å². The van der Waals surface area contributed by atoms with E-state index in [0.29, 0.717) is 33.3 Å². The van der Waals surface area contributed by atoms with E-state index in [4.69, 9.17) is 20.8 Å². The van der Waals surface area contributed by atoms with Crippen LogP contribution in [0.3, 0.4) is 0 Å². The van der Waals surface area contributed by atoms with Gasteiger partial charge < -0.3 is 14.5 Å². The highest BCUT2D eigenvalue weighted by Gasteiger charge is 2.19. The maximum Gasteiger partial charge on any atom is 0.311 e. The maximum atomic E-state index is 12.7. The number of halogens is 1. The molecule has 8 nitrogen and oxygen atoms in total. The van der Waals surface area contributed by atoms with E-state index in [1.54, 1.807) is 18.2 Å². The fourth-order valence-electron chi connectivity index (χ4n) is 3.24. The third-order valence-electron chi connectivity index (χ3n) is 5.10. The first kappa shape index (κ1) is 21.3. The number of carbonyl (C=O) groups excluding carboxylic acids is 1. The first-order valence-electron chi connectivity index (χ1n) is 9.58. The van der Waals surface area contributed by atoms with Crippen molar-refractivity contribution in [2.45, 2.75) is 13.8 Å². The lowest BCUT2D eigenvalue weighted by Crippen LogP contribution is -2.12. The molecule has 1 N–H and O–H groups in total. The fraction of sp³-hybridized carbons (Fsp3) is 0.130. The second-order valence-corrected chi connectivity index (χ2v) is 7.62. The van der Waals surface area contributed by atoms with Crippen LogP contribution in [0.15, 0.2) is 52.9 Å². The van der Waals surface area contributed by atoms with Gasteiger partial charge in [-0.15, -0.1) is 0 Å². The molecule has 3 aromatic carbocycles. The van der Waals surface area contributed by atoms with Crippen LogP contribution in [0.1, 0.15) is 21.5 Å². The monoisotopic (exact) mass is 451 g/mol. The Labute approximate surface area is 187 Å². The molecule has 32 heavy (non-hydrogen) atoms. The average molecular weight is 452 g/mol. The first-order valence-corrected chi connectivity index (χ1v) is 9.96. The minimum absolute atomic E-state index is 0.0711. The van der Waals surface area contributed by atoms with Gasteiger partial charge in [-0.3, -0.25) is 14.9 Å². The highest BCUT2D eigenvalue weighted by molar-refractivity contribution is 6.33. The van der Waals surface area contributed by atoms with E-state index >= 15 is 0 Å². The highest BCUT2D eigenvalue weighted by atomic mass is 35.5. The van der Waals surface area contributed by atoms with E-state index in [0.717, 1.165) is 17.2 Å². The Kier molecular flexibility index (Phi) is 5.54. The van der Waals surface area contributed by atoms with Crippen LogP contribution in [0.4, 0.5) is 11.4 Å². The van der Waals surface area contributed by atoms with Crippen molar-refractivity contribution in [3.8, 4) is 17.2 Å². The molecule has 0 radical (unpaired) electrons. The van der Waals surface area contributed by atoms with E-state index in [1.165, 1.54) is 19.2 Å². The Morgan fingerprint density at radius 2 is 1.88 bits per heavy atom. The summed E-state index contributed by atoms with van der Waals surface area (Å²) >= 11 is 6.36. The molecule has 0 aliphatic rings. The van der Waals surface area contributed by atoms with E-state index < -0.39 is 10.8 Å². The molecular formula is C23H18ClN3O5. The third kappa shape index (κ3) is 4.00. The Balaban J connectivity index is 1.65. The molecule has 1 heterocycles. The molecule has 1 aromatic heterocycles. The molecule has 0 atom stereocenters. The number of methoxy groups -OCH3 is 1. The smallest absolute Gasteiger partial charge is 0.311 e. The van der Waals surface area contributed by atoms with Crippen molar-refractivity contribution in [1.82, 2.24) is 4.98 Å². The van der Waals surface area contributed by atoms with Gasteiger partial charge in [0.05, 0.1) is 22.6 Å². The summed E-state index contributed by atoms with van der Waals surface area (Å²) < 4.78 is 10.9. The number of benzene rings is 3. The number of oxazole rings is 1. The summed E-state index contributed by atoms with van der Waals surface area (Å²) in [7, 11) is 1.33. The molecule has 0 aliphatic carbocycles. The van der Waals surface area contributed by atoms with Gasteiger partial charge in [0.1, 0.15) is 5.52 Å². The zero-order chi connectivity index (χ0) is 23.0. The molecule has 0 aliphatic heterocycles. The predicted molar refractivity (Wildman–Crippen MR) is 122 cm³/mol. The molecule has 0 bridgehead atoms. The molecule has 4 aromatic rings. The van der Waals surface area contributed by atoms with Gasteiger partial charge in [0, 0.05) is 17.3 Å². The predicted octanol–water partition coefficient (Wildman–Crippen LogP) is 5.93. The number of aromatic nitrogens is 1. The first-order chi connectivity index (χ1) is 15.3. The Bertz CT molecular complexity index is 1340. The number of hydrogen-bond acceptors (Lipinski definition) is 6. The van der Waals surface area contributed by atoms with E-state index in [-0.39, 0.29) is 17.0 Å². The number of hydrogen-bond donors (Lipinski definition) is 1.